The molecule has 0 unspecified atom stereocenters. The van der Waals surface area contributed by atoms with E-state index in [1.165, 1.54) is 17.5 Å². The first-order chi connectivity index (χ1) is 21.3. The summed E-state index contributed by atoms with van der Waals surface area (Å²) in [6.07, 6.45) is -0.421. The molecular weight excluding hydrogens is 568 g/mol. The van der Waals surface area contributed by atoms with Crippen molar-refractivity contribution in [3.05, 3.63) is 126 Å². The van der Waals surface area contributed by atoms with Gasteiger partial charge in [0.15, 0.2) is 0 Å². The molecule has 44 heavy (non-hydrogen) atoms. The largest absolute Gasteiger partial charge is 0.497 e. The molecule has 4 rings (SSSR count). The van der Waals surface area contributed by atoms with Gasteiger partial charge in [-0.2, -0.15) is 0 Å². The van der Waals surface area contributed by atoms with Crippen molar-refractivity contribution in [2.75, 3.05) is 27.6 Å². The molecule has 0 bridgehead atoms. The number of carbonyl (C=O) groups is 1. The second-order valence-electron chi connectivity index (χ2n) is 11.8. The van der Waals surface area contributed by atoms with Crippen molar-refractivity contribution >= 4 is 24.7 Å². The van der Waals surface area contributed by atoms with E-state index in [1.54, 1.807) is 7.11 Å². The van der Waals surface area contributed by atoms with Gasteiger partial charge in [0.1, 0.15) is 12.5 Å². The predicted molar refractivity (Wildman–Crippen MR) is 177 cm³/mol. The van der Waals surface area contributed by atoms with Crippen molar-refractivity contribution < 1.29 is 28.2 Å². The first-order valence-electron chi connectivity index (χ1n) is 15.0. The molecule has 0 fully saturated rings. The van der Waals surface area contributed by atoms with Crippen molar-refractivity contribution in [3.63, 3.8) is 0 Å². The lowest BCUT2D eigenvalue weighted by Gasteiger charge is -2.44. The van der Waals surface area contributed by atoms with Gasteiger partial charge in [0.25, 0.3) is 8.32 Å². The van der Waals surface area contributed by atoms with E-state index >= 15 is 0 Å². The molecule has 0 aliphatic carbocycles. The van der Waals surface area contributed by atoms with E-state index in [-0.39, 0.29) is 36.7 Å². The quantitative estimate of drug-likeness (QED) is 0.0663. The average Bonchev–Trinajstić information content (AvgIpc) is 3.05. The lowest BCUT2D eigenvalue weighted by atomic mass is 9.90. The zero-order chi connectivity index (χ0) is 31.4. The molecule has 2 atom stereocenters. The predicted octanol–water partition coefficient (Wildman–Crippen LogP) is 6.48. The first kappa shape index (κ1) is 33.1. The first-order valence-corrected chi connectivity index (χ1v) is 16.9. The van der Waals surface area contributed by atoms with Gasteiger partial charge in [-0.05, 0) is 38.7 Å². The van der Waals surface area contributed by atoms with Crippen molar-refractivity contribution in [2.24, 2.45) is 0 Å². The molecule has 0 amide bonds. The van der Waals surface area contributed by atoms with Gasteiger partial charge >= 0.3 is 5.97 Å². The number of benzene rings is 4. The van der Waals surface area contributed by atoms with Gasteiger partial charge in [-0.15, -0.1) is 0 Å². The van der Waals surface area contributed by atoms with Crippen LogP contribution in [0.25, 0.3) is 0 Å². The molecule has 0 spiro atoms. The summed E-state index contributed by atoms with van der Waals surface area (Å²) in [5.41, 5.74) is 1.95. The Bertz CT molecular complexity index is 1380. The summed E-state index contributed by atoms with van der Waals surface area (Å²) in [7, 11) is 0.150. The number of hydrogen-bond donors (Lipinski definition) is 0. The Morgan fingerprint density at radius 3 is 1.91 bits per heavy atom. The van der Waals surface area contributed by atoms with Crippen LogP contribution in [0.4, 0.5) is 0 Å². The van der Waals surface area contributed by atoms with Gasteiger partial charge in [-0.1, -0.05) is 124 Å². The maximum absolute atomic E-state index is 12.8. The highest BCUT2D eigenvalue weighted by atomic mass is 28.4. The summed E-state index contributed by atoms with van der Waals surface area (Å²) in [6.45, 7) is 7.40. The van der Waals surface area contributed by atoms with Crippen molar-refractivity contribution in [2.45, 2.75) is 50.9 Å². The number of carbonyl (C=O) groups excluding carboxylic acids is 1. The zero-order valence-corrected chi connectivity index (χ0v) is 27.4. The molecule has 0 aliphatic rings. The number of hydrogen-bond acceptors (Lipinski definition) is 6. The van der Waals surface area contributed by atoms with Crippen LogP contribution in [0.3, 0.4) is 0 Å². The fourth-order valence-corrected chi connectivity index (χ4v) is 10.3. The van der Waals surface area contributed by atoms with Crippen LogP contribution in [-0.4, -0.2) is 48.0 Å². The zero-order valence-electron chi connectivity index (χ0n) is 26.4. The van der Waals surface area contributed by atoms with Crippen LogP contribution in [0, 0.1) is 0 Å². The minimum atomic E-state index is -2.89. The topological polar surface area (TPSA) is 63.2 Å². The van der Waals surface area contributed by atoms with Gasteiger partial charge in [0.05, 0.1) is 40.0 Å². The van der Waals surface area contributed by atoms with Crippen molar-refractivity contribution in [3.8, 4) is 5.75 Å². The molecule has 232 valence electrons. The fraction of sp³-hybridized carbons (Fsp3) is 0.324. The summed E-state index contributed by atoms with van der Waals surface area (Å²) in [6, 6.07) is 38.7. The Hall–Kier alpha value is -3.75. The molecule has 6 nitrogen and oxygen atoms in total. The Morgan fingerprint density at radius 1 is 0.773 bits per heavy atom. The number of ether oxygens (including phenoxy) is 4. The Kier molecular flexibility index (Phi) is 11.9. The maximum atomic E-state index is 12.8. The summed E-state index contributed by atoms with van der Waals surface area (Å²) < 4.78 is 30.4. The molecule has 4 aromatic carbocycles. The standard InChI is InChI=1S/C37H44O6Si/c1-37(2,3)44(32-20-11-7-12-21-32,33-22-13-8-14-23-33)43-27-35(42-28-41-26-29-16-9-6-10-17-29)34(25-36(38)40-5)30-18-15-19-31(24-30)39-4/h6-24,34-35H,25-28H2,1-5H3/t34-,35-/m1/s1. The fourth-order valence-electron chi connectivity index (χ4n) is 5.72. The molecule has 0 radical (unpaired) electrons. The molecule has 4 aromatic rings. The van der Waals surface area contributed by atoms with E-state index in [1.807, 2.05) is 66.7 Å². The molecular formula is C37H44O6Si. The van der Waals surface area contributed by atoms with Crippen LogP contribution in [-0.2, 0) is 30.0 Å². The molecule has 0 saturated carbocycles. The van der Waals surface area contributed by atoms with Gasteiger partial charge in [0.2, 0.25) is 0 Å². The van der Waals surface area contributed by atoms with Crippen LogP contribution < -0.4 is 15.1 Å². The smallest absolute Gasteiger partial charge is 0.306 e. The van der Waals surface area contributed by atoms with Crippen LogP contribution in [0.15, 0.2) is 115 Å². The molecule has 0 heterocycles. The van der Waals surface area contributed by atoms with Crippen LogP contribution in [0.5, 0.6) is 5.75 Å². The molecule has 7 heteroatoms. The van der Waals surface area contributed by atoms with E-state index in [0.717, 1.165) is 11.1 Å². The summed E-state index contributed by atoms with van der Waals surface area (Å²) >= 11 is 0. The highest BCUT2D eigenvalue weighted by molar-refractivity contribution is 6.99. The van der Waals surface area contributed by atoms with Gasteiger partial charge in [-0.3, -0.25) is 4.79 Å². The Labute approximate surface area is 263 Å². The maximum Gasteiger partial charge on any atom is 0.306 e. The Balaban J connectivity index is 1.73. The monoisotopic (exact) mass is 612 g/mol. The van der Waals surface area contributed by atoms with Crippen LogP contribution >= 0.6 is 0 Å². The van der Waals surface area contributed by atoms with E-state index in [9.17, 15) is 4.79 Å². The third-order valence-corrected chi connectivity index (χ3v) is 12.9. The van der Waals surface area contributed by atoms with Crippen LogP contribution in [0.1, 0.15) is 44.2 Å². The van der Waals surface area contributed by atoms with Gasteiger partial charge < -0.3 is 23.4 Å². The molecule has 0 saturated heterocycles. The highest BCUT2D eigenvalue weighted by Crippen LogP contribution is 2.38. The van der Waals surface area contributed by atoms with Crippen molar-refractivity contribution in [1.29, 1.82) is 0 Å². The highest BCUT2D eigenvalue weighted by Gasteiger charge is 2.50. The number of methoxy groups -OCH3 is 2. The lowest BCUT2D eigenvalue weighted by molar-refractivity contribution is -0.145. The lowest BCUT2D eigenvalue weighted by Crippen LogP contribution is -2.67. The third-order valence-electron chi connectivity index (χ3n) is 7.94. The molecule has 0 aliphatic heterocycles. The van der Waals surface area contributed by atoms with E-state index < -0.39 is 14.4 Å². The minimum absolute atomic E-state index is 0.0330. The second-order valence-corrected chi connectivity index (χ2v) is 16.1. The molecule has 0 aromatic heterocycles. The third kappa shape index (κ3) is 8.24. The van der Waals surface area contributed by atoms with E-state index in [0.29, 0.717) is 12.4 Å². The number of rotatable bonds is 15. The second kappa shape index (κ2) is 15.8. The average molecular weight is 613 g/mol. The summed E-state index contributed by atoms with van der Waals surface area (Å²) in [4.78, 5) is 12.8. The summed E-state index contributed by atoms with van der Waals surface area (Å²) in [5, 5.41) is 2.12. The van der Waals surface area contributed by atoms with E-state index in [2.05, 4.69) is 69.3 Å². The SMILES string of the molecule is COC(=O)C[C@H](c1cccc(OC)c1)[C@@H](CO[Si](c1ccccc1)(c1ccccc1)C(C)(C)C)OCOCc1ccccc1. The normalized spacial score (nSPS) is 13.2. The van der Waals surface area contributed by atoms with Gasteiger partial charge in [0, 0.05) is 5.92 Å². The Morgan fingerprint density at radius 2 is 1.36 bits per heavy atom. The van der Waals surface area contributed by atoms with E-state index in [4.69, 9.17) is 23.4 Å². The molecule has 0 N–H and O–H groups in total. The minimum Gasteiger partial charge on any atom is -0.497 e. The number of esters is 1. The van der Waals surface area contributed by atoms with Crippen molar-refractivity contribution in [1.82, 2.24) is 0 Å². The summed E-state index contributed by atoms with van der Waals surface area (Å²) in [5.74, 6) is -0.0116. The van der Waals surface area contributed by atoms with Gasteiger partial charge in [-0.25, -0.2) is 0 Å². The van der Waals surface area contributed by atoms with Crippen LogP contribution in [0.2, 0.25) is 5.04 Å².